The van der Waals surface area contributed by atoms with Crippen LogP contribution in [0.2, 0.25) is 0 Å². The molecule has 2 aromatic rings. The molecule has 35 heavy (non-hydrogen) atoms. The van der Waals surface area contributed by atoms with Gasteiger partial charge in [-0.1, -0.05) is 30.3 Å². The topological polar surface area (TPSA) is 171 Å². The Morgan fingerprint density at radius 2 is 1.97 bits per heavy atom. The molecule has 2 saturated heterocycles. The average Bonchev–Trinajstić information content (AvgIpc) is 3.53. The summed E-state index contributed by atoms with van der Waals surface area (Å²) >= 11 is 0. The van der Waals surface area contributed by atoms with Crippen LogP contribution in [0, 0.1) is 0 Å². The van der Waals surface area contributed by atoms with E-state index in [0.717, 1.165) is 10.5 Å². The van der Waals surface area contributed by atoms with Crippen molar-refractivity contribution < 1.29 is 24.0 Å². The number of carbonyl (C=O) groups is 5. The number of carbonyl (C=O) groups excluding carboxylic acids is 5. The van der Waals surface area contributed by atoms with Gasteiger partial charge in [-0.05, 0) is 18.4 Å². The number of aromatic nitrogens is 2. The quantitative estimate of drug-likeness (QED) is 0.393. The zero-order valence-electron chi connectivity index (χ0n) is 19.0. The highest BCUT2D eigenvalue weighted by Gasteiger charge is 2.40. The molecule has 0 aliphatic carbocycles. The van der Waals surface area contributed by atoms with Gasteiger partial charge in [0.1, 0.15) is 18.1 Å². The minimum absolute atomic E-state index is 0.0846. The molecular formula is C23H27N7O5. The maximum Gasteiger partial charge on any atom is 0.325 e. The number of benzene rings is 1. The number of H-pyrrole nitrogens is 1. The maximum absolute atomic E-state index is 13.3. The Labute approximate surface area is 201 Å². The second kappa shape index (κ2) is 10.4. The van der Waals surface area contributed by atoms with Gasteiger partial charge in [0, 0.05) is 24.9 Å². The number of nitrogens with one attached hydrogen (secondary N) is 3. The van der Waals surface area contributed by atoms with Gasteiger partial charge in [-0.15, -0.1) is 0 Å². The van der Waals surface area contributed by atoms with E-state index in [1.807, 2.05) is 6.07 Å². The molecule has 184 valence electrons. The lowest BCUT2D eigenvalue weighted by Crippen LogP contribution is -2.61. The first kappa shape index (κ1) is 23.9. The van der Waals surface area contributed by atoms with Crippen molar-refractivity contribution in [1.82, 2.24) is 30.4 Å². The summed E-state index contributed by atoms with van der Waals surface area (Å²) in [6.45, 7) is 0.430. The SMILES string of the molecule is NC(=O)[C@@H]1CCCN1C(=O)[C@H](Cc1cnc[nH]1)NC(=O)C1CC(=O)N(Cc2ccccc2)C(=O)N1. The molecule has 12 heteroatoms. The number of imidazole rings is 1. The van der Waals surface area contributed by atoms with Crippen molar-refractivity contribution in [3.05, 3.63) is 54.1 Å². The molecule has 1 aromatic heterocycles. The Hall–Kier alpha value is -4.22. The number of aromatic amines is 1. The number of primary amides is 1. The summed E-state index contributed by atoms with van der Waals surface area (Å²) in [6, 6.07) is 5.42. The van der Waals surface area contributed by atoms with Crippen LogP contribution in [0.4, 0.5) is 4.79 Å². The smallest absolute Gasteiger partial charge is 0.325 e. The molecule has 3 heterocycles. The lowest BCUT2D eigenvalue weighted by molar-refractivity contribution is -0.141. The molecular weight excluding hydrogens is 454 g/mol. The van der Waals surface area contributed by atoms with Crippen LogP contribution in [0.3, 0.4) is 0 Å². The van der Waals surface area contributed by atoms with Gasteiger partial charge < -0.3 is 26.3 Å². The fourth-order valence-corrected chi connectivity index (χ4v) is 4.38. The van der Waals surface area contributed by atoms with E-state index < -0.39 is 47.8 Å². The predicted molar refractivity (Wildman–Crippen MR) is 122 cm³/mol. The van der Waals surface area contributed by atoms with Crippen molar-refractivity contribution in [2.24, 2.45) is 5.73 Å². The summed E-state index contributed by atoms with van der Waals surface area (Å²) in [5.41, 5.74) is 6.82. The van der Waals surface area contributed by atoms with Crippen LogP contribution in [-0.2, 0) is 32.1 Å². The van der Waals surface area contributed by atoms with E-state index in [-0.39, 0.29) is 19.4 Å². The number of imide groups is 1. The molecule has 4 rings (SSSR count). The van der Waals surface area contributed by atoms with Crippen molar-refractivity contribution in [2.45, 2.75) is 50.4 Å². The Kier molecular flexibility index (Phi) is 7.09. The van der Waals surface area contributed by atoms with E-state index in [4.69, 9.17) is 5.73 Å². The lowest BCUT2D eigenvalue weighted by Gasteiger charge is -2.32. The predicted octanol–water partition coefficient (Wildman–Crippen LogP) is -0.576. The number of hydrogen-bond donors (Lipinski definition) is 4. The second-order valence-electron chi connectivity index (χ2n) is 8.61. The van der Waals surface area contributed by atoms with Crippen molar-refractivity contribution in [3.8, 4) is 0 Å². The zero-order chi connectivity index (χ0) is 24.9. The Morgan fingerprint density at radius 3 is 2.63 bits per heavy atom. The van der Waals surface area contributed by atoms with Crippen LogP contribution < -0.4 is 16.4 Å². The third-order valence-electron chi connectivity index (χ3n) is 6.18. The maximum atomic E-state index is 13.3. The molecule has 0 saturated carbocycles. The molecule has 0 radical (unpaired) electrons. The molecule has 1 aromatic carbocycles. The molecule has 0 spiro atoms. The first-order chi connectivity index (χ1) is 16.8. The first-order valence-electron chi connectivity index (χ1n) is 11.4. The van der Waals surface area contributed by atoms with Crippen molar-refractivity contribution in [3.63, 3.8) is 0 Å². The van der Waals surface area contributed by atoms with Crippen molar-refractivity contribution in [2.75, 3.05) is 6.54 Å². The molecule has 3 atom stereocenters. The van der Waals surface area contributed by atoms with E-state index in [0.29, 0.717) is 25.1 Å². The fourth-order valence-electron chi connectivity index (χ4n) is 4.38. The van der Waals surface area contributed by atoms with Gasteiger partial charge in [-0.3, -0.25) is 24.1 Å². The number of rotatable bonds is 8. The third-order valence-corrected chi connectivity index (χ3v) is 6.18. The van der Waals surface area contributed by atoms with Crippen LogP contribution in [0.1, 0.15) is 30.5 Å². The summed E-state index contributed by atoms with van der Waals surface area (Å²) in [6.07, 6.45) is 3.88. The zero-order valence-corrected chi connectivity index (χ0v) is 19.0. The standard InChI is InChI=1S/C23H27N7O5/c24-20(32)18-7-4-8-29(18)22(34)17(9-15-11-25-13-26-15)27-21(33)16-10-19(31)30(23(35)28-16)12-14-5-2-1-3-6-14/h1-3,5-6,11,13,16-18H,4,7-10,12H2,(H2,24,32)(H,25,26)(H,27,33)(H,28,35)/t16?,17-,18-/m0/s1. The molecule has 6 amide bonds. The minimum atomic E-state index is -1.13. The van der Waals surface area contributed by atoms with Gasteiger partial charge in [0.15, 0.2) is 0 Å². The highest BCUT2D eigenvalue weighted by Crippen LogP contribution is 2.19. The summed E-state index contributed by atoms with van der Waals surface area (Å²) < 4.78 is 0. The normalized spacial score (nSPS) is 20.9. The summed E-state index contributed by atoms with van der Waals surface area (Å²) in [7, 11) is 0. The second-order valence-corrected chi connectivity index (χ2v) is 8.61. The van der Waals surface area contributed by atoms with Crippen LogP contribution in [0.15, 0.2) is 42.9 Å². The van der Waals surface area contributed by atoms with Gasteiger partial charge >= 0.3 is 6.03 Å². The molecule has 5 N–H and O–H groups in total. The molecule has 12 nitrogen and oxygen atoms in total. The lowest BCUT2D eigenvalue weighted by atomic mass is 10.1. The minimum Gasteiger partial charge on any atom is -0.368 e. The van der Waals surface area contributed by atoms with Crippen LogP contribution in [0.5, 0.6) is 0 Å². The van der Waals surface area contributed by atoms with Crippen molar-refractivity contribution in [1.29, 1.82) is 0 Å². The largest absolute Gasteiger partial charge is 0.368 e. The number of amides is 6. The van der Waals surface area contributed by atoms with Gasteiger partial charge in [-0.2, -0.15) is 0 Å². The highest BCUT2D eigenvalue weighted by atomic mass is 16.2. The number of likely N-dealkylation sites (tertiary alicyclic amines) is 1. The molecule has 2 fully saturated rings. The van der Waals surface area contributed by atoms with E-state index in [1.165, 1.54) is 17.4 Å². The molecule has 2 aliphatic heterocycles. The summed E-state index contributed by atoms with van der Waals surface area (Å²) in [5, 5.41) is 5.20. The summed E-state index contributed by atoms with van der Waals surface area (Å²) in [4.78, 5) is 72.6. The van der Waals surface area contributed by atoms with E-state index in [2.05, 4.69) is 20.6 Å². The Balaban J connectivity index is 1.45. The number of urea groups is 1. The summed E-state index contributed by atoms with van der Waals surface area (Å²) in [5.74, 6) is -2.24. The Bertz CT molecular complexity index is 1090. The highest BCUT2D eigenvalue weighted by molar-refractivity contribution is 6.03. The fraction of sp³-hybridized carbons (Fsp3) is 0.391. The van der Waals surface area contributed by atoms with Gasteiger partial charge in [0.25, 0.3) is 0 Å². The Morgan fingerprint density at radius 1 is 1.20 bits per heavy atom. The van der Waals surface area contributed by atoms with Crippen LogP contribution >= 0.6 is 0 Å². The van der Waals surface area contributed by atoms with Crippen LogP contribution in [0.25, 0.3) is 0 Å². The number of nitrogens with two attached hydrogens (primary N) is 1. The third kappa shape index (κ3) is 5.48. The van der Waals surface area contributed by atoms with Gasteiger partial charge in [0.05, 0.1) is 19.3 Å². The van der Waals surface area contributed by atoms with Crippen molar-refractivity contribution >= 4 is 29.7 Å². The van der Waals surface area contributed by atoms with Gasteiger partial charge in [0.2, 0.25) is 23.6 Å². The molecule has 2 aliphatic rings. The first-order valence-corrected chi connectivity index (χ1v) is 11.4. The van der Waals surface area contributed by atoms with Gasteiger partial charge in [-0.25, -0.2) is 9.78 Å². The van der Waals surface area contributed by atoms with Crippen LogP contribution in [-0.4, -0.2) is 74.1 Å². The van der Waals surface area contributed by atoms with E-state index in [9.17, 15) is 24.0 Å². The number of hydrogen-bond acceptors (Lipinski definition) is 6. The molecule has 1 unspecified atom stereocenters. The molecule has 0 bridgehead atoms. The monoisotopic (exact) mass is 481 g/mol. The number of nitrogens with zero attached hydrogens (tertiary/aromatic N) is 3. The average molecular weight is 482 g/mol. The van der Waals surface area contributed by atoms with E-state index in [1.54, 1.807) is 24.3 Å². The van der Waals surface area contributed by atoms with E-state index >= 15 is 0 Å².